The van der Waals surface area contributed by atoms with Crippen LogP contribution < -0.4 is 5.32 Å². The van der Waals surface area contributed by atoms with Crippen molar-refractivity contribution in [3.05, 3.63) is 66.0 Å². The molecule has 100 valence electrons. The summed E-state index contributed by atoms with van der Waals surface area (Å²) in [5.74, 6) is 0.180. The Bertz CT molecular complexity index is 719. The van der Waals surface area contributed by atoms with E-state index in [0.717, 1.165) is 11.3 Å². The Labute approximate surface area is 116 Å². The third-order valence-corrected chi connectivity index (χ3v) is 2.95. The summed E-state index contributed by atoms with van der Waals surface area (Å²) in [5, 5.41) is 6.98. The fraction of sp³-hybridized carbons (Fsp3) is 0.0625. The SMILES string of the molecule is Cc1ccc(-c2cc(Nc3cccc(F)c3)on2)cc1. The van der Waals surface area contributed by atoms with Crippen LogP contribution in [0.15, 0.2) is 59.1 Å². The van der Waals surface area contributed by atoms with Crippen molar-refractivity contribution in [2.24, 2.45) is 0 Å². The number of hydrogen-bond donors (Lipinski definition) is 1. The number of nitrogens with zero attached hydrogens (tertiary/aromatic N) is 1. The zero-order chi connectivity index (χ0) is 13.9. The summed E-state index contributed by atoms with van der Waals surface area (Å²) in [6.07, 6.45) is 0. The van der Waals surface area contributed by atoms with Crippen LogP contribution in [0.2, 0.25) is 0 Å². The molecule has 1 N–H and O–H groups in total. The largest absolute Gasteiger partial charge is 0.338 e. The van der Waals surface area contributed by atoms with Crippen LogP contribution in [0.5, 0.6) is 0 Å². The van der Waals surface area contributed by atoms with Gasteiger partial charge in [-0.05, 0) is 25.1 Å². The highest BCUT2D eigenvalue weighted by Crippen LogP contribution is 2.24. The lowest BCUT2D eigenvalue weighted by Crippen LogP contribution is -1.88. The number of hydrogen-bond acceptors (Lipinski definition) is 3. The zero-order valence-electron chi connectivity index (χ0n) is 10.9. The number of halogens is 1. The van der Waals surface area contributed by atoms with E-state index in [4.69, 9.17) is 4.52 Å². The molecule has 1 aromatic heterocycles. The minimum absolute atomic E-state index is 0.298. The first kappa shape index (κ1) is 12.4. The molecule has 0 aliphatic carbocycles. The Balaban J connectivity index is 1.82. The van der Waals surface area contributed by atoms with Crippen LogP contribution in [-0.2, 0) is 0 Å². The summed E-state index contributed by atoms with van der Waals surface area (Å²) in [6, 6.07) is 16.0. The molecule has 0 spiro atoms. The molecule has 0 unspecified atom stereocenters. The number of benzene rings is 2. The van der Waals surface area contributed by atoms with Gasteiger partial charge >= 0.3 is 0 Å². The number of nitrogens with one attached hydrogen (secondary N) is 1. The first-order chi connectivity index (χ1) is 9.70. The predicted molar refractivity (Wildman–Crippen MR) is 76.4 cm³/mol. The maximum absolute atomic E-state index is 13.1. The van der Waals surface area contributed by atoms with Crippen molar-refractivity contribution in [1.82, 2.24) is 5.16 Å². The summed E-state index contributed by atoms with van der Waals surface area (Å²) in [6.45, 7) is 2.03. The Kier molecular flexibility index (Phi) is 3.21. The molecule has 0 amide bonds. The molecule has 0 bridgehead atoms. The zero-order valence-corrected chi connectivity index (χ0v) is 10.9. The molecule has 3 rings (SSSR count). The van der Waals surface area contributed by atoms with Gasteiger partial charge in [0.1, 0.15) is 11.5 Å². The Morgan fingerprint density at radius 2 is 1.85 bits per heavy atom. The van der Waals surface area contributed by atoms with Crippen molar-refractivity contribution in [1.29, 1.82) is 0 Å². The predicted octanol–water partition coefficient (Wildman–Crippen LogP) is 4.53. The van der Waals surface area contributed by atoms with Gasteiger partial charge in [0.2, 0.25) is 5.88 Å². The molecule has 0 saturated carbocycles. The van der Waals surface area contributed by atoms with Gasteiger partial charge < -0.3 is 9.84 Å². The summed E-state index contributed by atoms with van der Waals surface area (Å²) in [5.41, 5.74) is 3.53. The summed E-state index contributed by atoms with van der Waals surface area (Å²) in [4.78, 5) is 0. The van der Waals surface area contributed by atoms with Crippen molar-refractivity contribution in [2.75, 3.05) is 5.32 Å². The van der Waals surface area contributed by atoms with E-state index in [1.54, 1.807) is 18.2 Å². The first-order valence-corrected chi connectivity index (χ1v) is 6.27. The van der Waals surface area contributed by atoms with Gasteiger partial charge in [-0.15, -0.1) is 0 Å². The van der Waals surface area contributed by atoms with E-state index < -0.39 is 0 Å². The van der Waals surface area contributed by atoms with Crippen molar-refractivity contribution in [3.8, 4) is 11.3 Å². The molecule has 0 atom stereocenters. The molecule has 2 aromatic carbocycles. The maximum atomic E-state index is 13.1. The van der Waals surface area contributed by atoms with Crippen LogP contribution in [0.1, 0.15) is 5.56 Å². The Morgan fingerprint density at radius 3 is 2.60 bits per heavy atom. The standard InChI is InChI=1S/C16H13FN2O/c1-11-5-7-12(8-6-11)15-10-16(20-19-15)18-14-4-2-3-13(17)9-14/h2-10,18H,1H3. The second-order valence-electron chi connectivity index (χ2n) is 4.58. The van der Waals surface area contributed by atoms with E-state index in [1.165, 1.54) is 17.7 Å². The first-order valence-electron chi connectivity index (χ1n) is 6.27. The Hall–Kier alpha value is -2.62. The topological polar surface area (TPSA) is 38.1 Å². The molecule has 4 heteroatoms. The lowest BCUT2D eigenvalue weighted by atomic mass is 10.1. The molecule has 0 radical (unpaired) electrons. The Morgan fingerprint density at radius 1 is 1.05 bits per heavy atom. The van der Waals surface area contributed by atoms with Crippen LogP contribution in [0, 0.1) is 12.7 Å². The van der Waals surface area contributed by atoms with E-state index in [0.29, 0.717) is 11.6 Å². The molecule has 0 fully saturated rings. The van der Waals surface area contributed by atoms with E-state index in [9.17, 15) is 4.39 Å². The van der Waals surface area contributed by atoms with Gasteiger partial charge in [-0.1, -0.05) is 41.1 Å². The average molecular weight is 268 g/mol. The van der Waals surface area contributed by atoms with E-state index in [1.807, 2.05) is 31.2 Å². The summed E-state index contributed by atoms with van der Waals surface area (Å²) >= 11 is 0. The van der Waals surface area contributed by atoms with Gasteiger partial charge in [-0.25, -0.2) is 4.39 Å². The second-order valence-corrected chi connectivity index (χ2v) is 4.58. The molecule has 3 nitrogen and oxygen atoms in total. The van der Waals surface area contributed by atoms with E-state index >= 15 is 0 Å². The van der Waals surface area contributed by atoms with Gasteiger partial charge in [0.05, 0.1) is 0 Å². The number of aryl methyl sites for hydroxylation is 1. The lowest BCUT2D eigenvalue weighted by Gasteiger charge is -2.00. The average Bonchev–Trinajstić information content (AvgIpc) is 2.88. The molecule has 0 aliphatic rings. The highest BCUT2D eigenvalue weighted by molar-refractivity contribution is 5.64. The molecule has 0 aliphatic heterocycles. The van der Waals surface area contributed by atoms with Crippen molar-refractivity contribution in [3.63, 3.8) is 0 Å². The molecular formula is C16H13FN2O. The quantitative estimate of drug-likeness (QED) is 0.758. The second kappa shape index (κ2) is 5.17. The van der Waals surface area contributed by atoms with Crippen molar-refractivity contribution < 1.29 is 8.91 Å². The van der Waals surface area contributed by atoms with Crippen LogP contribution in [0.25, 0.3) is 11.3 Å². The molecule has 20 heavy (non-hydrogen) atoms. The minimum atomic E-state index is -0.298. The molecule has 0 saturated heterocycles. The van der Waals surface area contributed by atoms with Gasteiger partial charge in [-0.3, -0.25) is 0 Å². The van der Waals surface area contributed by atoms with Crippen LogP contribution in [0.3, 0.4) is 0 Å². The molecule has 3 aromatic rings. The number of rotatable bonds is 3. The molecular weight excluding hydrogens is 255 g/mol. The summed E-state index contributed by atoms with van der Waals surface area (Å²) < 4.78 is 18.3. The summed E-state index contributed by atoms with van der Waals surface area (Å²) in [7, 11) is 0. The van der Waals surface area contributed by atoms with E-state index in [2.05, 4.69) is 10.5 Å². The third-order valence-electron chi connectivity index (χ3n) is 2.95. The minimum Gasteiger partial charge on any atom is -0.338 e. The van der Waals surface area contributed by atoms with E-state index in [-0.39, 0.29) is 5.82 Å². The van der Waals surface area contributed by atoms with Crippen LogP contribution in [0.4, 0.5) is 16.0 Å². The van der Waals surface area contributed by atoms with Crippen LogP contribution >= 0.6 is 0 Å². The fourth-order valence-electron chi connectivity index (χ4n) is 1.90. The normalized spacial score (nSPS) is 10.5. The third kappa shape index (κ3) is 2.69. The van der Waals surface area contributed by atoms with Crippen LogP contribution in [-0.4, -0.2) is 5.16 Å². The lowest BCUT2D eigenvalue weighted by molar-refractivity contribution is 0.438. The van der Waals surface area contributed by atoms with Gasteiger partial charge in [0.25, 0.3) is 0 Å². The highest BCUT2D eigenvalue weighted by atomic mass is 19.1. The van der Waals surface area contributed by atoms with Gasteiger partial charge in [0, 0.05) is 17.3 Å². The molecule has 1 heterocycles. The monoisotopic (exact) mass is 268 g/mol. The van der Waals surface area contributed by atoms with Crippen molar-refractivity contribution in [2.45, 2.75) is 6.92 Å². The fourth-order valence-corrected chi connectivity index (χ4v) is 1.90. The number of aromatic nitrogens is 1. The van der Waals surface area contributed by atoms with Gasteiger partial charge in [-0.2, -0.15) is 0 Å². The number of anilines is 2. The highest BCUT2D eigenvalue weighted by Gasteiger charge is 2.06. The maximum Gasteiger partial charge on any atom is 0.229 e. The van der Waals surface area contributed by atoms with Crippen molar-refractivity contribution >= 4 is 11.6 Å². The van der Waals surface area contributed by atoms with Gasteiger partial charge in [0.15, 0.2) is 0 Å². The smallest absolute Gasteiger partial charge is 0.229 e.